The number of halogens is 3. The maximum absolute atomic E-state index is 12.5. The van der Waals surface area contributed by atoms with Gasteiger partial charge in [0, 0.05) is 13.1 Å². The molecule has 0 unspecified atom stereocenters. The molecular formula is C11H11F3N2O. The lowest BCUT2D eigenvalue weighted by molar-refractivity contribution is -0.137. The molecule has 1 aliphatic rings. The lowest BCUT2D eigenvalue weighted by atomic mass is 10.0. The molecule has 1 aliphatic heterocycles. The summed E-state index contributed by atoms with van der Waals surface area (Å²) in [5.74, 6) is -0.296. The summed E-state index contributed by atoms with van der Waals surface area (Å²) in [6, 6.07) is 4.11. The summed E-state index contributed by atoms with van der Waals surface area (Å²) in [5, 5.41) is 5.49. The number of hydrogen-bond donors (Lipinski definition) is 2. The molecule has 0 saturated carbocycles. The Morgan fingerprint density at radius 1 is 1.24 bits per heavy atom. The molecule has 1 atom stereocenters. The van der Waals surface area contributed by atoms with Crippen molar-refractivity contribution in [1.29, 1.82) is 0 Å². The molecule has 0 spiro atoms. The van der Waals surface area contributed by atoms with Crippen molar-refractivity contribution in [2.45, 2.75) is 12.2 Å². The summed E-state index contributed by atoms with van der Waals surface area (Å²) in [6.07, 6.45) is -4.39. The number of carbonyl (C=O) groups excluding carboxylic acids is 1. The van der Waals surface area contributed by atoms with E-state index in [1.165, 1.54) is 12.1 Å². The Labute approximate surface area is 96.0 Å². The zero-order valence-electron chi connectivity index (χ0n) is 8.84. The molecule has 1 saturated heterocycles. The van der Waals surface area contributed by atoms with Crippen LogP contribution in [0.1, 0.15) is 17.2 Å². The molecule has 1 aromatic rings. The van der Waals surface area contributed by atoms with E-state index in [2.05, 4.69) is 10.6 Å². The third-order valence-electron chi connectivity index (χ3n) is 2.58. The van der Waals surface area contributed by atoms with Gasteiger partial charge in [0.15, 0.2) is 0 Å². The highest BCUT2D eigenvalue weighted by atomic mass is 19.4. The summed E-state index contributed by atoms with van der Waals surface area (Å²) in [5.41, 5.74) is -0.410. The van der Waals surface area contributed by atoms with Gasteiger partial charge in [-0.3, -0.25) is 4.79 Å². The molecule has 92 valence electrons. The fraction of sp³-hybridized carbons (Fsp3) is 0.364. The maximum atomic E-state index is 12.5. The van der Waals surface area contributed by atoms with E-state index in [0.717, 1.165) is 12.1 Å². The van der Waals surface area contributed by atoms with E-state index in [9.17, 15) is 18.0 Å². The third kappa shape index (κ3) is 2.58. The molecule has 1 fully saturated rings. The first-order valence-corrected chi connectivity index (χ1v) is 5.17. The minimum Gasteiger partial charge on any atom is -0.353 e. The second-order valence-corrected chi connectivity index (χ2v) is 3.80. The van der Waals surface area contributed by atoms with Gasteiger partial charge in [0.05, 0.1) is 5.56 Å². The van der Waals surface area contributed by atoms with Crippen molar-refractivity contribution in [1.82, 2.24) is 10.6 Å². The molecule has 1 heterocycles. The normalized spacial score (nSPS) is 21.1. The number of alkyl halides is 3. The van der Waals surface area contributed by atoms with Crippen LogP contribution in [0, 0.1) is 0 Å². The van der Waals surface area contributed by atoms with E-state index in [-0.39, 0.29) is 5.91 Å². The number of nitrogens with one attached hydrogen (secondary N) is 2. The third-order valence-corrected chi connectivity index (χ3v) is 2.58. The second kappa shape index (κ2) is 4.37. The molecule has 2 N–H and O–H groups in total. The summed E-state index contributed by atoms with van der Waals surface area (Å²) >= 11 is 0. The summed E-state index contributed by atoms with van der Waals surface area (Å²) in [7, 11) is 0. The van der Waals surface area contributed by atoms with Crippen LogP contribution in [0.4, 0.5) is 13.2 Å². The lowest BCUT2D eigenvalue weighted by Gasteiger charge is -2.24. The minimum absolute atomic E-state index is 0.296. The molecule has 0 aliphatic carbocycles. The van der Waals surface area contributed by atoms with E-state index < -0.39 is 17.8 Å². The summed E-state index contributed by atoms with van der Waals surface area (Å²) in [6.45, 7) is 1.04. The van der Waals surface area contributed by atoms with Crippen LogP contribution in [0.2, 0.25) is 0 Å². The van der Waals surface area contributed by atoms with Gasteiger partial charge in [-0.1, -0.05) is 12.1 Å². The van der Waals surface area contributed by atoms with Crippen molar-refractivity contribution in [3.05, 3.63) is 35.4 Å². The first-order valence-electron chi connectivity index (χ1n) is 5.17. The zero-order chi connectivity index (χ0) is 12.5. The van der Waals surface area contributed by atoms with Gasteiger partial charge in [0.2, 0.25) is 5.91 Å². The first-order chi connectivity index (χ1) is 7.98. The molecule has 0 aromatic heterocycles. The molecule has 6 heteroatoms. The molecule has 0 bridgehead atoms. The van der Waals surface area contributed by atoms with Crippen LogP contribution in [0.5, 0.6) is 0 Å². The number of hydrogen-bond acceptors (Lipinski definition) is 2. The molecule has 0 radical (unpaired) electrons. The zero-order valence-corrected chi connectivity index (χ0v) is 8.84. The highest BCUT2D eigenvalue weighted by Gasteiger charge is 2.32. The number of benzene rings is 1. The summed E-state index contributed by atoms with van der Waals surface area (Å²) in [4.78, 5) is 11.5. The van der Waals surface area contributed by atoms with E-state index >= 15 is 0 Å². The summed E-state index contributed by atoms with van der Waals surface area (Å²) < 4.78 is 37.5. The Balaban J connectivity index is 2.29. The average molecular weight is 244 g/mol. The largest absolute Gasteiger partial charge is 0.416 e. The fourth-order valence-corrected chi connectivity index (χ4v) is 1.76. The number of carbonyl (C=O) groups is 1. The van der Waals surface area contributed by atoms with E-state index in [1.54, 1.807) is 0 Å². The van der Waals surface area contributed by atoms with Gasteiger partial charge < -0.3 is 10.6 Å². The Morgan fingerprint density at radius 3 is 2.65 bits per heavy atom. The van der Waals surface area contributed by atoms with Crippen molar-refractivity contribution in [3.8, 4) is 0 Å². The molecular weight excluding hydrogens is 233 g/mol. The monoisotopic (exact) mass is 244 g/mol. The molecule has 17 heavy (non-hydrogen) atoms. The Morgan fingerprint density at radius 2 is 2.00 bits per heavy atom. The van der Waals surface area contributed by atoms with Crippen LogP contribution < -0.4 is 10.6 Å². The quantitative estimate of drug-likeness (QED) is 0.785. The van der Waals surface area contributed by atoms with Crippen molar-refractivity contribution >= 4 is 5.91 Å². The SMILES string of the molecule is O=C1NCCN[C@@H]1c1cccc(C(F)(F)F)c1. The Hall–Kier alpha value is -1.56. The molecule has 3 nitrogen and oxygen atoms in total. The Bertz CT molecular complexity index is 431. The maximum Gasteiger partial charge on any atom is 0.416 e. The number of rotatable bonds is 1. The van der Waals surface area contributed by atoms with Gasteiger partial charge in [-0.05, 0) is 17.7 Å². The van der Waals surface area contributed by atoms with Gasteiger partial charge in [0.25, 0.3) is 0 Å². The van der Waals surface area contributed by atoms with Crippen molar-refractivity contribution in [2.75, 3.05) is 13.1 Å². The first kappa shape index (κ1) is 11.9. The average Bonchev–Trinajstić information content (AvgIpc) is 2.29. The van der Waals surface area contributed by atoms with E-state index in [1.807, 2.05) is 0 Å². The smallest absolute Gasteiger partial charge is 0.353 e. The topological polar surface area (TPSA) is 41.1 Å². The Kier molecular flexibility index (Phi) is 3.06. The molecule has 1 aromatic carbocycles. The van der Waals surface area contributed by atoms with Crippen LogP contribution in [0.25, 0.3) is 0 Å². The lowest BCUT2D eigenvalue weighted by Crippen LogP contribution is -2.47. The van der Waals surface area contributed by atoms with Crippen LogP contribution in [-0.4, -0.2) is 19.0 Å². The van der Waals surface area contributed by atoms with Crippen molar-refractivity contribution in [3.63, 3.8) is 0 Å². The van der Waals surface area contributed by atoms with Crippen molar-refractivity contribution < 1.29 is 18.0 Å². The van der Waals surface area contributed by atoms with Crippen molar-refractivity contribution in [2.24, 2.45) is 0 Å². The van der Waals surface area contributed by atoms with Crippen LogP contribution >= 0.6 is 0 Å². The minimum atomic E-state index is -4.39. The second-order valence-electron chi connectivity index (χ2n) is 3.80. The van der Waals surface area contributed by atoms with Crippen LogP contribution in [-0.2, 0) is 11.0 Å². The van der Waals surface area contributed by atoms with Crippen LogP contribution in [0.15, 0.2) is 24.3 Å². The predicted molar refractivity (Wildman–Crippen MR) is 55.2 cm³/mol. The van der Waals surface area contributed by atoms with Gasteiger partial charge in [-0.15, -0.1) is 0 Å². The standard InChI is InChI=1S/C11H11F3N2O/c12-11(13,14)8-3-1-2-7(6-8)9-10(17)16-5-4-15-9/h1-3,6,9,15H,4-5H2,(H,16,17)/t9-/m1/s1. The number of piperazine rings is 1. The van der Waals surface area contributed by atoms with E-state index in [4.69, 9.17) is 0 Å². The van der Waals surface area contributed by atoms with Gasteiger partial charge in [-0.2, -0.15) is 13.2 Å². The van der Waals surface area contributed by atoms with E-state index in [0.29, 0.717) is 18.7 Å². The van der Waals surface area contributed by atoms with Gasteiger partial charge in [0.1, 0.15) is 6.04 Å². The fourth-order valence-electron chi connectivity index (χ4n) is 1.76. The molecule has 2 rings (SSSR count). The molecule has 1 amide bonds. The van der Waals surface area contributed by atoms with Crippen LogP contribution in [0.3, 0.4) is 0 Å². The van der Waals surface area contributed by atoms with Gasteiger partial charge in [-0.25, -0.2) is 0 Å². The predicted octanol–water partition coefficient (Wildman–Crippen LogP) is 1.47. The number of amides is 1. The highest BCUT2D eigenvalue weighted by molar-refractivity contribution is 5.83. The van der Waals surface area contributed by atoms with Gasteiger partial charge >= 0.3 is 6.18 Å². The highest BCUT2D eigenvalue weighted by Crippen LogP contribution is 2.30.